The van der Waals surface area contributed by atoms with Gasteiger partial charge in [0, 0.05) is 10.7 Å². The van der Waals surface area contributed by atoms with Crippen molar-refractivity contribution in [3.63, 3.8) is 0 Å². The van der Waals surface area contributed by atoms with Crippen molar-refractivity contribution < 1.29 is 9.53 Å². The number of hydrogen-bond acceptors (Lipinski definition) is 4. The van der Waals surface area contributed by atoms with E-state index in [0.717, 1.165) is 0 Å². The Morgan fingerprint density at radius 3 is 2.90 bits per heavy atom. The highest BCUT2D eigenvalue weighted by Gasteiger charge is 2.14. The summed E-state index contributed by atoms with van der Waals surface area (Å²) < 4.78 is 4.30. The Labute approximate surface area is 63.4 Å². The average molecular weight is 161 g/mol. The van der Waals surface area contributed by atoms with Crippen LogP contribution < -0.4 is 0 Å². The highest BCUT2D eigenvalue weighted by atomic mass is 32.1. The molecule has 0 aliphatic heterocycles. The number of carbonyl (C=O) groups is 1. The molecule has 0 spiro atoms. The first-order chi connectivity index (χ1) is 4.76. The van der Waals surface area contributed by atoms with E-state index in [-0.39, 0.29) is 5.75 Å². The highest BCUT2D eigenvalue weighted by molar-refractivity contribution is 7.80. The normalized spacial score (nSPS) is 11.4. The molecule has 0 aromatic carbocycles. The summed E-state index contributed by atoms with van der Waals surface area (Å²) in [4.78, 5) is 13.0. The Kier molecular flexibility index (Phi) is 4.53. The summed E-state index contributed by atoms with van der Waals surface area (Å²) in [6, 6.07) is -0.807. The standard InChI is InChI=1S/C4H7N3O2S/c1-9-4(8)3(2-10)6-7-5/h3,10H,2H2,1H3/t3-/m0/s1. The van der Waals surface area contributed by atoms with Crippen molar-refractivity contribution in [2.75, 3.05) is 12.9 Å². The molecule has 0 saturated carbocycles. The monoisotopic (exact) mass is 161 g/mol. The van der Waals surface area contributed by atoms with Crippen LogP contribution in [-0.2, 0) is 9.53 Å². The first-order valence-corrected chi connectivity index (χ1v) is 3.12. The number of thiol groups is 1. The number of methoxy groups -OCH3 is 1. The van der Waals surface area contributed by atoms with E-state index in [1.165, 1.54) is 7.11 Å². The van der Waals surface area contributed by atoms with Crippen LogP contribution in [0.4, 0.5) is 0 Å². The van der Waals surface area contributed by atoms with Crippen molar-refractivity contribution in [1.82, 2.24) is 0 Å². The van der Waals surface area contributed by atoms with E-state index < -0.39 is 12.0 Å². The minimum absolute atomic E-state index is 0.163. The van der Waals surface area contributed by atoms with E-state index in [1.807, 2.05) is 0 Å². The van der Waals surface area contributed by atoms with Gasteiger partial charge in [-0.1, -0.05) is 5.11 Å². The molecular formula is C4H7N3O2S. The van der Waals surface area contributed by atoms with Gasteiger partial charge >= 0.3 is 5.97 Å². The summed E-state index contributed by atoms with van der Waals surface area (Å²) in [6.07, 6.45) is 0. The molecule has 0 aromatic rings. The molecule has 0 radical (unpaired) electrons. The minimum atomic E-state index is -0.807. The number of nitrogens with zero attached hydrogens (tertiary/aromatic N) is 3. The number of azide groups is 1. The second-order valence-electron chi connectivity index (χ2n) is 1.43. The molecule has 1 atom stereocenters. The second-order valence-corrected chi connectivity index (χ2v) is 1.79. The summed E-state index contributed by atoms with van der Waals surface area (Å²) in [6.45, 7) is 0. The number of carbonyl (C=O) groups excluding carboxylic acids is 1. The molecule has 0 unspecified atom stereocenters. The van der Waals surface area contributed by atoms with Crippen LogP contribution in [0.3, 0.4) is 0 Å². The molecule has 0 N–H and O–H groups in total. The fourth-order valence-electron chi connectivity index (χ4n) is 0.357. The van der Waals surface area contributed by atoms with E-state index in [9.17, 15) is 4.79 Å². The van der Waals surface area contributed by atoms with Gasteiger partial charge in [0.15, 0.2) is 0 Å². The summed E-state index contributed by atoms with van der Waals surface area (Å²) >= 11 is 3.78. The predicted octanol–water partition coefficient (Wildman–Crippen LogP) is 0.768. The maximum absolute atomic E-state index is 10.6. The Balaban J connectivity index is 4.05. The average Bonchev–Trinajstić information content (AvgIpc) is 1.99. The SMILES string of the molecule is COC(=O)[C@H](CS)N=[N+]=[N-]. The maximum Gasteiger partial charge on any atom is 0.315 e. The van der Waals surface area contributed by atoms with Gasteiger partial charge in [-0.2, -0.15) is 12.6 Å². The lowest BCUT2D eigenvalue weighted by atomic mass is 10.4. The summed E-state index contributed by atoms with van der Waals surface area (Å²) in [5.41, 5.74) is 7.93. The topological polar surface area (TPSA) is 75.1 Å². The summed E-state index contributed by atoms with van der Waals surface area (Å²) in [7, 11) is 1.23. The van der Waals surface area contributed by atoms with E-state index in [0.29, 0.717) is 0 Å². The molecule has 0 aromatic heterocycles. The van der Waals surface area contributed by atoms with Gasteiger partial charge in [-0.25, -0.2) is 0 Å². The lowest BCUT2D eigenvalue weighted by Crippen LogP contribution is -2.20. The highest BCUT2D eigenvalue weighted by Crippen LogP contribution is 1.96. The Morgan fingerprint density at radius 2 is 2.60 bits per heavy atom. The van der Waals surface area contributed by atoms with Crippen LogP contribution in [-0.4, -0.2) is 24.9 Å². The third-order valence-electron chi connectivity index (χ3n) is 0.837. The third kappa shape index (κ3) is 2.61. The first kappa shape index (κ1) is 9.13. The zero-order valence-corrected chi connectivity index (χ0v) is 6.28. The lowest BCUT2D eigenvalue weighted by Gasteiger charge is -2.02. The third-order valence-corrected chi connectivity index (χ3v) is 1.18. The molecule has 0 saturated heterocycles. The zero-order chi connectivity index (χ0) is 7.98. The number of esters is 1. The van der Waals surface area contributed by atoms with E-state index in [4.69, 9.17) is 5.53 Å². The van der Waals surface area contributed by atoms with E-state index in [1.54, 1.807) is 0 Å². The lowest BCUT2D eigenvalue weighted by molar-refractivity contribution is -0.141. The fourth-order valence-corrected chi connectivity index (χ4v) is 0.579. The van der Waals surface area contributed by atoms with Gasteiger partial charge in [-0.05, 0) is 5.53 Å². The van der Waals surface area contributed by atoms with Crippen molar-refractivity contribution in [2.45, 2.75) is 6.04 Å². The van der Waals surface area contributed by atoms with Crippen LogP contribution in [0.2, 0.25) is 0 Å². The van der Waals surface area contributed by atoms with Gasteiger partial charge in [-0.15, -0.1) is 0 Å². The molecule has 5 nitrogen and oxygen atoms in total. The quantitative estimate of drug-likeness (QED) is 0.218. The van der Waals surface area contributed by atoms with E-state index >= 15 is 0 Å². The van der Waals surface area contributed by atoms with Gasteiger partial charge in [0.2, 0.25) is 0 Å². The maximum atomic E-state index is 10.6. The Bertz CT molecular complexity index is 166. The molecule has 0 amide bonds. The predicted molar refractivity (Wildman–Crippen MR) is 38.8 cm³/mol. The number of rotatable bonds is 3. The van der Waals surface area contributed by atoms with Crippen molar-refractivity contribution in [3.05, 3.63) is 10.4 Å². The molecule has 0 rings (SSSR count). The van der Waals surface area contributed by atoms with Crippen LogP contribution in [0.1, 0.15) is 0 Å². The molecule has 0 fully saturated rings. The fraction of sp³-hybridized carbons (Fsp3) is 0.750. The molecule has 0 aliphatic rings. The van der Waals surface area contributed by atoms with Crippen molar-refractivity contribution in [3.8, 4) is 0 Å². The molecule has 56 valence electrons. The summed E-state index contributed by atoms with van der Waals surface area (Å²) in [5, 5.41) is 3.14. The molecule has 0 aliphatic carbocycles. The van der Waals surface area contributed by atoms with E-state index in [2.05, 4.69) is 27.4 Å². The van der Waals surface area contributed by atoms with Crippen LogP contribution >= 0.6 is 12.6 Å². The van der Waals surface area contributed by atoms with Gasteiger partial charge in [-0.3, -0.25) is 4.79 Å². The molecule has 10 heavy (non-hydrogen) atoms. The largest absolute Gasteiger partial charge is 0.469 e. The van der Waals surface area contributed by atoms with Gasteiger partial charge in [0.05, 0.1) is 7.11 Å². The van der Waals surface area contributed by atoms with Crippen molar-refractivity contribution in [1.29, 1.82) is 0 Å². The number of hydrogen-bond donors (Lipinski definition) is 1. The minimum Gasteiger partial charge on any atom is -0.469 e. The Morgan fingerprint density at radius 1 is 2.00 bits per heavy atom. The molecule has 0 heterocycles. The van der Waals surface area contributed by atoms with Crippen LogP contribution in [0, 0.1) is 0 Å². The summed E-state index contributed by atoms with van der Waals surface area (Å²) in [5.74, 6) is -0.399. The van der Waals surface area contributed by atoms with Gasteiger partial charge in [0.1, 0.15) is 6.04 Å². The smallest absolute Gasteiger partial charge is 0.315 e. The molecule has 6 heteroatoms. The van der Waals surface area contributed by atoms with Crippen LogP contribution in [0.15, 0.2) is 5.11 Å². The molecular weight excluding hydrogens is 154 g/mol. The van der Waals surface area contributed by atoms with Crippen molar-refractivity contribution >= 4 is 18.6 Å². The zero-order valence-electron chi connectivity index (χ0n) is 5.39. The number of ether oxygens (including phenoxy) is 1. The van der Waals surface area contributed by atoms with Crippen molar-refractivity contribution in [2.24, 2.45) is 5.11 Å². The Hall–Kier alpha value is -0.870. The van der Waals surface area contributed by atoms with Gasteiger partial charge < -0.3 is 4.74 Å². The van der Waals surface area contributed by atoms with Crippen LogP contribution in [0.25, 0.3) is 10.4 Å². The van der Waals surface area contributed by atoms with Gasteiger partial charge in [0.25, 0.3) is 0 Å². The molecule has 0 bridgehead atoms. The first-order valence-electron chi connectivity index (χ1n) is 2.49. The second kappa shape index (κ2) is 4.96. The van der Waals surface area contributed by atoms with Crippen LogP contribution in [0.5, 0.6) is 0 Å².